The van der Waals surface area contributed by atoms with Crippen molar-refractivity contribution in [3.8, 4) is 11.5 Å². The molecule has 1 unspecified atom stereocenters. The van der Waals surface area contributed by atoms with Gasteiger partial charge in [0, 0.05) is 24.3 Å². The Morgan fingerprint density at radius 3 is 2.39 bits per heavy atom. The molecule has 0 heterocycles. The molecule has 4 heteroatoms. The predicted octanol–water partition coefficient (Wildman–Crippen LogP) is 7.18. The van der Waals surface area contributed by atoms with E-state index in [2.05, 4.69) is 59.2 Å². The second-order valence-electron chi connectivity index (χ2n) is 11.2. The lowest BCUT2D eigenvalue weighted by Crippen LogP contribution is -2.32. The molecule has 3 N–H and O–H groups in total. The number of nitrogens with one attached hydrogen (secondary N) is 2. The Labute approximate surface area is 228 Å². The third kappa shape index (κ3) is 7.11. The van der Waals surface area contributed by atoms with E-state index in [0.717, 1.165) is 63.4 Å². The van der Waals surface area contributed by atoms with Crippen LogP contribution in [0.3, 0.4) is 0 Å². The minimum absolute atomic E-state index is 0.371. The first-order valence-corrected chi connectivity index (χ1v) is 14.7. The highest BCUT2D eigenvalue weighted by Crippen LogP contribution is 2.38. The van der Waals surface area contributed by atoms with E-state index in [1.165, 1.54) is 65.6 Å². The number of aryl methyl sites for hydroxylation is 2. The molecule has 202 valence electrons. The van der Waals surface area contributed by atoms with Crippen LogP contribution in [0, 0.1) is 0 Å². The molecule has 1 saturated carbocycles. The molecule has 0 amide bonds. The van der Waals surface area contributed by atoms with E-state index in [-0.39, 0.29) is 0 Å². The first-order chi connectivity index (χ1) is 18.7. The molecule has 3 aromatic rings. The third-order valence-corrected chi connectivity index (χ3v) is 8.55. The molecule has 0 radical (unpaired) electrons. The number of hydrogen-bond donors (Lipinski definition) is 3. The number of ether oxygens (including phenoxy) is 1. The van der Waals surface area contributed by atoms with Gasteiger partial charge in [0.1, 0.15) is 11.5 Å². The minimum atomic E-state index is 0.371. The molecule has 2 aliphatic carbocycles. The number of hydrogen-bond acceptors (Lipinski definition) is 4. The zero-order valence-electron chi connectivity index (χ0n) is 23.0. The van der Waals surface area contributed by atoms with Gasteiger partial charge in [-0.2, -0.15) is 0 Å². The van der Waals surface area contributed by atoms with Crippen LogP contribution in [-0.4, -0.2) is 31.3 Å². The van der Waals surface area contributed by atoms with E-state index in [1.54, 1.807) is 7.11 Å². The van der Waals surface area contributed by atoms with Crippen LogP contribution in [0.25, 0.3) is 0 Å². The van der Waals surface area contributed by atoms with Crippen LogP contribution < -0.4 is 15.4 Å². The molecule has 0 aromatic heterocycles. The van der Waals surface area contributed by atoms with Gasteiger partial charge >= 0.3 is 0 Å². The lowest BCUT2D eigenvalue weighted by molar-refractivity contribution is 0.375. The summed E-state index contributed by atoms with van der Waals surface area (Å²) in [7, 11) is 1.73. The van der Waals surface area contributed by atoms with Crippen molar-refractivity contribution in [3.63, 3.8) is 0 Å². The number of phenolic OH excluding ortho intramolecular Hbond substituents is 1. The Morgan fingerprint density at radius 1 is 0.816 bits per heavy atom. The van der Waals surface area contributed by atoms with Gasteiger partial charge < -0.3 is 20.5 Å². The topological polar surface area (TPSA) is 53.5 Å². The van der Waals surface area contributed by atoms with Gasteiger partial charge in [-0.3, -0.25) is 0 Å². The van der Waals surface area contributed by atoms with Crippen molar-refractivity contribution in [3.05, 3.63) is 88.5 Å². The smallest absolute Gasteiger partial charge is 0.120 e. The fourth-order valence-electron chi connectivity index (χ4n) is 6.29. The number of anilines is 1. The molecule has 1 atom stereocenters. The first-order valence-electron chi connectivity index (χ1n) is 14.7. The summed E-state index contributed by atoms with van der Waals surface area (Å²) in [5.41, 5.74) is 8.05. The van der Waals surface area contributed by atoms with Crippen molar-refractivity contribution < 1.29 is 9.84 Å². The zero-order chi connectivity index (χ0) is 26.2. The van der Waals surface area contributed by atoms with Gasteiger partial charge in [0.25, 0.3) is 0 Å². The highest BCUT2D eigenvalue weighted by Gasteiger charge is 2.23. The Kier molecular flexibility index (Phi) is 9.24. The summed E-state index contributed by atoms with van der Waals surface area (Å²) in [5.74, 6) is 1.74. The summed E-state index contributed by atoms with van der Waals surface area (Å²) >= 11 is 0. The number of benzene rings is 3. The first kappa shape index (κ1) is 26.6. The molecule has 38 heavy (non-hydrogen) atoms. The maximum atomic E-state index is 9.84. The largest absolute Gasteiger partial charge is 0.508 e. The van der Waals surface area contributed by atoms with Crippen LogP contribution in [0.4, 0.5) is 5.69 Å². The third-order valence-electron chi connectivity index (χ3n) is 8.55. The molecule has 1 fully saturated rings. The summed E-state index contributed by atoms with van der Waals surface area (Å²) in [6.45, 7) is 2.02. The van der Waals surface area contributed by atoms with Gasteiger partial charge in [-0.15, -0.1) is 0 Å². The average molecular weight is 513 g/mol. The Bertz CT molecular complexity index is 1170. The molecule has 0 saturated heterocycles. The Hall–Kier alpha value is -2.98. The maximum Gasteiger partial charge on any atom is 0.120 e. The summed E-state index contributed by atoms with van der Waals surface area (Å²) in [6, 6.07) is 22.3. The van der Waals surface area contributed by atoms with Crippen LogP contribution in [0.1, 0.15) is 78.7 Å². The van der Waals surface area contributed by atoms with Gasteiger partial charge in [0.2, 0.25) is 0 Å². The van der Waals surface area contributed by atoms with Crippen LogP contribution in [0.5, 0.6) is 11.5 Å². The highest BCUT2D eigenvalue weighted by atomic mass is 16.5. The molecular formula is C34H44N2O2. The summed E-state index contributed by atoms with van der Waals surface area (Å²) in [4.78, 5) is 0. The summed E-state index contributed by atoms with van der Waals surface area (Å²) in [5, 5.41) is 17.3. The fraction of sp³-hybridized carbons (Fsp3) is 0.471. The zero-order valence-corrected chi connectivity index (χ0v) is 23.0. The van der Waals surface area contributed by atoms with E-state index in [9.17, 15) is 5.11 Å². The molecular weight excluding hydrogens is 468 g/mol. The maximum absolute atomic E-state index is 9.84. The molecule has 2 aliphatic rings. The van der Waals surface area contributed by atoms with E-state index in [4.69, 9.17) is 4.74 Å². The Balaban J connectivity index is 1.11. The van der Waals surface area contributed by atoms with Gasteiger partial charge in [-0.05, 0) is 110 Å². The molecule has 4 nitrogen and oxygen atoms in total. The molecule has 5 rings (SSSR count). The molecule has 0 bridgehead atoms. The second kappa shape index (κ2) is 13.2. The van der Waals surface area contributed by atoms with Crippen molar-refractivity contribution >= 4 is 5.69 Å². The number of methoxy groups -OCH3 is 1. The lowest BCUT2D eigenvalue weighted by Gasteiger charge is -2.27. The van der Waals surface area contributed by atoms with Crippen molar-refractivity contribution in [1.82, 2.24) is 5.32 Å². The van der Waals surface area contributed by atoms with E-state index < -0.39 is 0 Å². The van der Waals surface area contributed by atoms with Gasteiger partial charge in [-0.25, -0.2) is 0 Å². The second-order valence-corrected chi connectivity index (χ2v) is 11.2. The number of fused-ring (bicyclic) bond motifs is 1. The monoisotopic (exact) mass is 512 g/mol. The Morgan fingerprint density at radius 2 is 1.61 bits per heavy atom. The molecule has 3 aromatic carbocycles. The van der Waals surface area contributed by atoms with Gasteiger partial charge in [-0.1, -0.05) is 55.7 Å². The molecule has 0 aliphatic heterocycles. The van der Waals surface area contributed by atoms with E-state index in [1.807, 2.05) is 12.1 Å². The number of aromatic hydroxyl groups is 1. The summed E-state index contributed by atoms with van der Waals surface area (Å²) < 4.78 is 5.54. The lowest BCUT2D eigenvalue weighted by atomic mass is 9.79. The average Bonchev–Trinajstić information content (AvgIpc) is 2.96. The van der Waals surface area contributed by atoms with E-state index in [0.29, 0.717) is 11.7 Å². The van der Waals surface area contributed by atoms with E-state index >= 15 is 0 Å². The van der Waals surface area contributed by atoms with Crippen LogP contribution in [0.2, 0.25) is 0 Å². The van der Waals surface area contributed by atoms with Crippen molar-refractivity contribution in [2.24, 2.45) is 0 Å². The van der Waals surface area contributed by atoms with Crippen LogP contribution >= 0.6 is 0 Å². The molecule has 0 spiro atoms. The fourth-order valence-corrected chi connectivity index (χ4v) is 6.29. The normalized spacial score (nSPS) is 17.7. The van der Waals surface area contributed by atoms with Crippen LogP contribution in [-0.2, 0) is 25.7 Å². The van der Waals surface area contributed by atoms with Gasteiger partial charge in [0.05, 0.1) is 7.11 Å². The van der Waals surface area contributed by atoms with Crippen molar-refractivity contribution in [1.29, 1.82) is 0 Å². The minimum Gasteiger partial charge on any atom is -0.508 e. The highest BCUT2D eigenvalue weighted by molar-refractivity contribution is 5.57. The van der Waals surface area contributed by atoms with Gasteiger partial charge in [0.15, 0.2) is 0 Å². The number of rotatable bonds is 11. The van der Waals surface area contributed by atoms with Crippen molar-refractivity contribution in [2.75, 3.05) is 25.5 Å². The number of phenols is 1. The SMILES string of the molecule is COc1ccc(C2CCc3cc(O)ccc3C2)c(NCCCc2ccc(CCNC3CCCCC3)cc2)c1. The standard InChI is InChI=1S/C34H44N2O2/c1-38-32-17-18-33(29-14-13-28-23-31(37)16-15-27(28)22-29)34(24-32)36-20-5-6-25-9-11-26(12-10-25)19-21-35-30-7-3-2-4-8-30/h9-12,15-18,23-24,29-30,35-37H,2-8,13-14,19-22H2,1H3. The quantitative estimate of drug-likeness (QED) is 0.238. The predicted molar refractivity (Wildman–Crippen MR) is 158 cm³/mol. The summed E-state index contributed by atoms with van der Waals surface area (Å²) in [6.07, 6.45) is 13.3. The van der Waals surface area contributed by atoms with Crippen molar-refractivity contribution in [2.45, 2.75) is 82.6 Å². The van der Waals surface area contributed by atoms with Crippen LogP contribution in [0.15, 0.2) is 60.7 Å².